The lowest BCUT2D eigenvalue weighted by atomic mass is 10.0. The second-order valence-electron chi connectivity index (χ2n) is 6.02. The maximum Gasteiger partial charge on any atom is 0.269 e. The molecule has 0 saturated heterocycles. The van der Waals surface area contributed by atoms with Crippen LogP contribution in [0.3, 0.4) is 0 Å². The number of non-ortho nitro benzene ring substituents is 1. The number of carbonyl (C=O) groups excluding carboxylic acids is 2. The van der Waals surface area contributed by atoms with Gasteiger partial charge in [0.1, 0.15) is 5.75 Å². The van der Waals surface area contributed by atoms with Gasteiger partial charge in [0, 0.05) is 23.3 Å². The number of carbonyl (C=O) groups is 2. The van der Waals surface area contributed by atoms with Gasteiger partial charge < -0.3 is 4.74 Å². The van der Waals surface area contributed by atoms with Crippen LogP contribution in [0.4, 0.5) is 5.69 Å². The molecule has 0 atom stereocenters. The number of amides is 2. The summed E-state index contributed by atoms with van der Waals surface area (Å²) in [7, 11) is 1.60. The van der Waals surface area contributed by atoms with Crippen LogP contribution in [0, 0.1) is 10.1 Å². The van der Waals surface area contributed by atoms with Gasteiger partial charge in [0.25, 0.3) is 17.5 Å². The Bertz CT molecular complexity index is 1030. The van der Waals surface area contributed by atoms with Gasteiger partial charge >= 0.3 is 0 Å². The summed E-state index contributed by atoms with van der Waals surface area (Å²) in [6.45, 7) is 0. The van der Waals surface area contributed by atoms with Gasteiger partial charge in [-0.05, 0) is 47.5 Å². The minimum atomic E-state index is -0.580. The van der Waals surface area contributed by atoms with Gasteiger partial charge in [-0.3, -0.25) is 30.6 Å². The van der Waals surface area contributed by atoms with Crippen molar-refractivity contribution in [2.24, 2.45) is 0 Å². The minimum absolute atomic E-state index is 0.123. The molecule has 0 spiro atoms. The lowest BCUT2D eigenvalue weighted by Gasteiger charge is -2.08. The summed E-state index contributed by atoms with van der Waals surface area (Å²) in [5.41, 5.74) is 6.94. The molecular weight excluding hydrogens is 374 g/mol. The van der Waals surface area contributed by atoms with Crippen molar-refractivity contribution in [3.63, 3.8) is 0 Å². The molecule has 0 saturated carbocycles. The number of rotatable bonds is 5. The van der Waals surface area contributed by atoms with E-state index < -0.39 is 16.7 Å². The van der Waals surface area contributed by atoms with Crippen molar-refractivity contribution in [2.45, 2.75) is 0 Å². The van der Waals surface area contributed by atoms with Gasteiger partial charge in [-0.1, -0.05) is 24.3 Å². The highest BCUT2D eigenvalue weighted by molar-refractivity contribution is 5.99. The first kappa shape index (κ1) is 19.6. The number of hydrazine groups is 1. The van der Waals surface area contributed by atoms with Crippen molar-refractivity contribution >= 4 is 17.5 Å². The zero-order chi connectivity index (χ0) is 20.8. The molecular formula is C21H17N3O5. The highest BCUT2D eigenvalue weighted by Gasteiger charge is 2.11. The van der Waals surface area contributed by atoms with Crippen molar-refractivity contribution < 1.29 is 19.2 Å². The molecule has 2 amide bonds. The number of nitrogens with one attached hydrogen (secondary N) is 2. The number of nitrogens with zero attached hydrogens (tertiary/aromatic N) is 1. The van der Waals surface area contributed by atoms with E-state index in [-0.39, 0.29) is 11.3 Å². The summed E-state index contributed by atoms with van der Waals surface area (Å²) < 4.78 is 5.13. The molecule has 0 aliphatic carbocycles. The molecule has 2 N–H and O–H groups in total. The summed E-state index contributed by atoms with van der Waals surface area (Å²) in [5.74, 6) is -0.307. The molecule has 0 heterocycles. The highest BCUT2D eigenvalue weighted by atomic mass is 16.6. The van der Waals surface area contributed by atoms with Crippen LogP contribution in [0.2, 0.25) is 0 Å². The third-order valence-corrected chi connectivity index (χ3v) is 4.20. The van der Waals surface area contributed by atoms with Crippen LogP contribution >= 0.6 is 0 Å². The Morgan fingerprint density at radius 1 is 0.759 bits per heavy atom. The van der Waals surface area contributed by atoms with Crippen molar-refractivity contribution in [2.75, 3.05) is 7.11 Å². The molecule has 3 rings (SSSR count). The van der Waals surface area contributed by atoms with E-state index in [0.29, 0.717) is 5.56 Å². The molecule has 0 aliphatic heterocycles. The van der Waals surface area contributed by atoms with E-state index in [1.54, 1.807) is 31.4 Å². The van der Waals surface area contributed by atoms with Crippen LogP contribution in [0.15, 0.2) is 72.8 Å². The summed E-state index contributed by atoms with van der Waals surface area (Å²) in [6, 6.07) is 19.5. The summed E-state index contributed by atoms with van der Waals surface area (Å²) in [6.07, 6.45) is 0. The number of hydrogen-bond acceptors (Lipinski definition) is 5. The number of ether oxygens (including phenoxy) is 1. The number of methoxy groups -OCH3 is 1. The molecule has 8 nitrogen and oxygen atoms in total. The Kier molecular flexibility index (Phi) is 5.84. The first-order chi connectivity index (χ1) is 14.0. The number of benzene rings is 3. The highest BCUT2D eigenvalue weighted by Crippen LogP contribution is 2.22. The third-order valence-electron chi connectivity index (χ3n) is 4.20. The first-order valence-electron chi connectivity index (χ1n) is 8.57. The Morgan fingerprint density at radius 3 is 1.59 bits per heavy atom. The predicted octanol–water partition coefficient (Wildman–Crippen LogP) is 3.35. The Labute approximate surface area is 166 Å². The molecule has 146 valence electrons. The Hall–Kier alpha value is -4.20. The van der Waals surface area contributed by atoms with Crippen LogP contribution in [0.25, 0.3) is 11.1 Å². The van der Waals surface area contributed by atoms with Crippen LogP contribution in [-0.4, -0.2) is 23.8 Å². The Morgan fingerprint density at radius 2 is 1.17 bits per heavy atom. The molecule has 0 unspecified atom stereocenters. The van der Waals surface area contributed by atoms with Crippen molar-refractivity contribution in [1.82, 2.24) is 10.9 Å². The second-order valence-corrected chi connectivity index (χ2v) is 6.02. The van der Waals surface area contributed by atoms with Crippen LogP contribution in [0.5, 0.6) is 5.75 Å². The van der Waals surface area contributed by atoms with Gasteiger partial charge in [0.05, 0.1) is 12.0 Å². The topological polar surface area (TPSA) is 111 Å². The predicted molar refractivity (Wildman–Crippen MR) is 106 cm³/mol. The van der Waals surface area contributed by atoms with E-state index in [9.17, 15) is 19.7 Å². The van der Waals surface area contributed by atoms with Gasteiger partial charge in [-0.15, -0.1) is 0 Å². The normalized spacial score (nSPS) is 10.1. The molecule has 29 heavy (non-hydrogen) atoms. The molecule has 0 fully saturated rings. The fourth-order valence-corrected chi connectivity index (χ4v) is 2.59. The maximum atomic E-state index is 12.2. The molecule has 0 aromatic heterocycles. The quantitative estimate of drug-likeness (QED) is 0.512. The van der Waals surface area contributed by atoms with E-state index in [1.165, 1.54) is 24.3 Å². The third kappa shape index (κ3) is 4.75. The first-order valence-corrected chi connectivity index (χ1v) is 8.57. The standard InChI is InChI=1S/C21H17N3O5/c1-29-19-12-8-15(9-13-19)14-2-4-16(5-3-14)20(25)22-23-21(26)17-6-10-18(11-7-17)24(27)28/h2-13H,1H3,(H,22,25)(H,23,26). The van der Waals surface area contributed by atoms with E-state index in [2.05, 4.69) is 10.9 Å². The number of nitro groups is 1. The minimum Gasteiger partial charge on any atom is -0.497 e. The monoisotopic (exact) mass is 391 g/mol. The summed E-state index contributed by atoms with van der Waals surface area (Å²) in [4.78, 5) is 34.4. The van der Waals surface area contributed by atoms with Crippen molar-refractivity contribution in [3.05, 3.63) is 94.0 Å². The fraction of sp³-hybridized carbons (Fsp3) is 0.0476. The number of nitro benzene ring substituents is 1. The second kappa shape index (κ2) is 8.66. The van der Waals surface area contributed by atoms with E-state index in [0.717, 1.165) is 16.9 Å². The van der Waals surface area contributed by atoms with E-state index in [1.807, 2.05) is 24.3 Å². The summed E-state index contributed by atoms with van der Waals surface area (Å²) in [5, 5.41) is 10.6. The molecule has 3 aromatic carbocycles. The largest absolute Gasteiger partial charge is 0.497 e. The molecule has 0 aliphatic rings. The van der Waals surface area contributed by atoms with E-state index >= 15 is 0 Å². The average molecular weight is 391 g/mol. The van der Waals surface area contributed by atoms with Gasteiger partial charge in [-0.2, -0.15) is 0 Å². The van der Waals surface area contributed by atoms with Crippen LogP contribution in [-0.2, 0) is 0 Å². The van der Waals surface area contributed by atoms with Crippen LogP contribution < -0.4 is 15.6 Å². The van der Waals surface area contributed by atoms with Crippen molar-refractivity contribution in [1.29, 1.82) is 0 Å². The molecule has 0 radical (unpaired) electrons. The van der Waals surface area contributed by atoms with Gasteiger partial charge in [0.15, 0.2) is 0 Å². The van der Waals surface area contributed by atoms with Gasteiger partial charge in [0.2, 0.25) is 0 Å². The van der Waals surface area contributed by atoms with E-state index in [4.69, 9.17) is 4.74 Å². The van der Waals surface area contributed by atoms with Crippen LogP contribution in [0.1, 0.15) is 20.7 Å². The maximum absolute atomic E-state index is 12.2. The smallest absolute Gasteiger partial charge is 0.269 e. The molecule has 8 heteroatoms. The fourth-order valence-electron chi connectivity index (χ4n) is 2.59. The Balaban J connectivity index is 1.60. The zero-order valence-electron chi connectivity index (χ0n) is 15.4. The lowest BCUT2D eigenvalue weighted by Crippen LogP contribution is -2.41. The number of hydrogen-bond donors (Lipinski definition) is 2. The SMILES string of the molecule is COc1ccc(-c2ccc(C(=O)NNC(=O)c3ccc([N+](=O)[O-])cc3)cc2)cc1. The van der Waals surface area contributed by atoms with Gasteiger partial charge in [-0.25, -0.2) is 0 Å². The average Bonchev–Trinajstić information content (AvgIpc) is 2.77. The van der Waals surface area contributed by atoms with Crippen molar-refractivity contribution in [3.8, 4) is 16.9 Å². The summed E-state index contributed by atoms with van der Waals surface area (Å²) >= 11 is 0. The molecule has 0 bridgehead atoms. The zero-order valence-corrected chi connectivity index (χ0v) is 15.4. The lowest BCUT2D eigenvalue weighted by molar-refractivity contribution is -0.384. The molecule has 3 aromatic rings.